The molecule has 1 atom stereocenters. The van der Waals surface area contributed by atoms with Crippen LogP contribution in [0.3, 0.4) is 0 Å². The number of hydrogen-bond donors (Lipinski definition) is 1. The van der Waals surface area contributed by atoms with Gasteiger partial charge in [-0.2, -0.15) is 0 Å². The van der Waals surface area contributed by atoms with Gasteiger partial charge < -0.3 is 5.11 Å². The predicted molar refractivity (Wildman–Crippen MR) is 62.2 cm³/mol. The molecule has 1 N–H and O–H groups in total. The van der Waals surface area contributed by atoms with E-state index in [4.69, 9.17) is 6.42 Å². The van der Waals surface area contributed by atoms with Crippen LogP contribution in [0.2, 0.25) is 0 Å². The highest BCUT2D eigenvalue weighted by Gasteiger charge is 2.24. The minimum absolute atomic E-state index is 0.221. The van der Waals surface area contributed by atoms with Crippen molar-refractivity contribution in [3.63, 3.8) is 0 Å². The van der Waals surface area contributed by atoms with Crippen LogP contribution in [0.4, 0.5) is 0 Å². The van der Waals surface area contributed by atoms with Gasteiger partial charge >= 0.3 is 0 Å². The monoisotopic (exact) mass is 198 g/mol. The van der Waals surface area contributed by atoms with Gasteiger partial charge in [0.05, 0.1) is 0 Å². The maximum absolute atomic E-state index is 10.3. The molecule has 1 heteroatoms. The van der Waals surface area contributed by atoms with Crippen LogP contribution < -0.4 is 0 Å². The van der Waals surface area contributed by atoms with E-state index in [2.05, 4.69) is 18.2 Å². The highest BCUT2D eigenvalue weighted by Crippen LogP contribution is 2.26. The average molecular weight is 198 g/mol. The lowest BCUT2D eigenvalue weighted by Gasteiger charge is -2.22. The van der Waals surface area contributed by atoms with Crippen molar-refractivity contribution in [3.05, 3.63) is 53.8 Å². The van der Waals surface area contributed by atoms with Gasteiger partial charge in [0, 0.05) is 6.42 Å². The highest BCUT2D eigenvalue weighted by atomic mass is 16.3. The van der Waals surface area contributed by atoms with Crippen LogP contribution in [0.15, 0.2) is 42.7 Å². The molecule has 0 fully saturated rings. The Kier molecular flexibility index (Phi) is 3.52. The average Bonchev–Trinajstić information content (AvgIpc) is 2.18. The van der Waals surface area contributed by atoms with Gasteiger partial charge in [-0.3, -0.25) is 0 Å². The molecule has 1 unspecified atom stereocenters. The van der Waals surface area contributed by atoms with Gasteiger partial charge in [0.2, 0.25) is 0 Å². The first-order chi connectivity index (χ1) is 7.12. The molecule has 1 nitrogen and oxygen atoms in total. The Morgan fingerprint density at radius 1 is 1.60 bits per heavy atom. The molecule has 1 rings (SSSR count). The number of aliphatic hydroxyl groups is 1. The number of hydrogen-bond acceptors (Lipinski definition) is 1. The molecule has 0 aliphatic rings. The molecule has 0 heterocycles. The van der Waals surface area contributed by atoms with E-state index in [0.29, 0.717) is 0 Å². The van der Waals surface area contributed by atoms with Gasteiger partial charge in [0.1, 0.15) is 5.60 Å². The molecule has 1 aromatic rings. The van der Waals surface area contributed by atoms with E-state index < -0.39 is 5.60 Å². The molecule has 0 saturated heterocycles. The lowest BCUT2D eigenvalue weighted by Crippen LogP contribution is -2.21. The Labute approximate surface area is 90.8 Å². The van der Waals surface area contributed by atoms with Gasteiger partial charge in [0.15, 0.2) is 0 Å². The predicted octanol–water partition coefficient (Wildman–Crippen LogP) is 2.55. The summed E-state index contributed by atoms with van der Waals surface area (Å²) in [5.41, 5.74) is 3.30. The van der Waals surface area contributed by atoms with E-state index in [-0.39, 0.29) is 6.42 Å². The van der Waals surface area contributed by atoms with Gasteiger partial charge in [-0.1, -0.05) is 36.4 Å². The highest BCUT2D eigenvalue weighted by molar-refractivity contribution is 5.32. The normalized spacial score (nSPS) is 13.4. The van der Waals surface area contributed by atoms with Crippen molar-refractivity contribution in [2.45, 2.75) is 18.9 Å². The largest absolute Gasteiger partial charge is 0.379 e. The molecule has 0 amide bonds. The summed E-state index contributed by atoms with van der Waals surface area (Å²) in [6.45, 7) is 5.44. The fourth-order valence-electron chi connectivity index (χ4n) is 1.48. The Balaban J connectivity index is 3.21. The topological polar surface area (TPSA) is 20.2 Å². The summed E-state index contributed by atoms with van der Waals surface area (Å²) in [5, 5.41) is 10.3. The van der Waals surface area contributed by atoms with E-state index in [1.54, 1.807) is 0 Å². The van der Waals surface area contributed by atoms with Crippen molar-refractivity contribution in [3.8, 4) is 12.3 Å². The molecule has 15 heavy (non-hydrogen) atoms. The molecular formula is C14H14O. The first kappa shape index (κ1) is 11.3. The summed E-state index contributed by atoms with van der Waals surface area (Å²) in [6.07, 6.45) is 6.96. The summed E-state index contributed by atoms with van der Waals surface area (Å²) in [6, 6.07) is 7.61. The van der Waals surface area contributed by atoms with Crippen LogP contribution in [-0.2, 0) is 5.60 Å². The van der Waals surface area contributed by atoms with E-state index in [1.165, 1.54) is 6.08 Å². The standard InChI is InChI=1S/C14H14O/c1-4-9-14(15,10-5-2)13-8-6-7-12(3)11-13/h1,6-8,10-11,15H,2,9H2,3H3. The summed E-state index contributed by atoms with van der Waals surface area (Å²) in [4.78, 5) is 0. The Morgan fingerprint density at radius 2 is 2.33 bits per heavy atom. The zero-order chi connectivity index (χ0) is 11.3. The lowest BCUT2D eigenvalue weighted by molar-refractivity contribution is 0.0955. The van der Waals surface area contributed by atoms with Crippen LogP contribution in [0, 0.1) is 19.3 Å². The van der Waals surface area contributed by atoms with Crippen LogP contribution in [0.1, 0.15) is 17.5 Å². The maximum atomic E-state index is 10.3. The SMILES string of the molecule is C#CCC(O)(C=C=C)c1cccc(C)c1. The second-order valence-corrected chi connectivity index (χ2v) is 3.52. The Hall–Kier alpha value is -1.74. The van der Waals surface area contributed by atoms with E-state index in [0.717, 1.165) is 11.1 Å². The van der Waals surface area contributed by atoms with Gasteiger partial charge in [-0.15, -0.1) is 18.1 Å². The minimum atomic E-state index is -1.15. The van der Waals surface area contributed by atoms with Crippen molar-refractivity contribution in [2.75, 3.05) is 0 Å². The van der Waals surface area contributed by atoms with Crippen LogP contribution in [0.5, 0.6) is 0 Å². The minimum Gasteiger partial charge on any atom is -0.379 e. The van der Waals surface area contributed by atoms with Gasteiger partial charge in [-0.05, 0) is 18.6 Å². The molecule has 0 bridgehead atoms. The molecule has 0 radical (unpaired) electrons. The molecule has 0 saturated carbocycles. The summed E-state index contributed by atoms with van der Waals surface area (Å²) < 4.78 is 0. The number of benzene rings is 1. The summed E-state index contributed by atoms with van der Waals surface area (Å²) in [5.74, 6) is 2.46. The fourth-order valence-corrected chi connectivity index (χ4v) is 1.48. The molecular weight excluding hydrogens is 184 g/mol. The summed E-state index contributed by atoms with van der Waals surface area (Å²) in [7, 11) is 0. The maximum Gasteiger partial charge on any atom is 0.126 e. The van der Waals surface area contributed by atoms with Crippen LogP contribution in [0.25, 0.3) is 0 Å². The van der Waals surface area contributed by atoms with Crippen LogP contribution in [-0.4, -0.2) is 5.11 Å². The molecule has 76 valence electrons. The third kappa shape index (κ3) is 2.60. The lowest BCUT2D eigenvalue weighted by atomic mass is 9.90. The van der Waals surface area contributed by atoms with Crippen molar-refractivity contribution < 1.29 is 5.11 Å². The first-order valence-electron chi connectivity index (χ1n) is 4.72. The van der Waals surface area contributed by atoms with Crippen molar-refractivity contribution >= 4 is 0 Å². The summed E-state index contributed by atoms with van der Waals surface area (Å²) >= 11 is 0. The fraction of sp³-hybridized carbons (Fsp3) is 0.214. The molecule has 0 aliphatic heterocycles. The third-order valence-corrected chi connectivity index (χ3v) is 2.23. The van der Waals surface area contributed by atoms with E-state index in [9.17, 15) is 5.11 Å². The van der Waals surface area contributed by atoms with Gasteiger partial charge in [-0.25, -0.2) is 0 Å². The van der Waals surface area contributed by atoms with E-state index >= 15 is 0 Å². The second-order valence-electron chi connectivity index (χ2n) is 3.52. The first-order valence-corrected chi connectivity index (χ1v) is 4.72. The molecule has 0 aliphatic carbocycles. The Morgan fingerprint density at radius 3 is 2.87 bits per heavy atom. The third-order valence-electron chi connectivity index (χ3n) is 2.23. The zero-order valence-corrected chi connectivity index (χ0v) is 8.83. The van der Waals surface area contributed by atoms with Crippen LogP contribution >= 0.6 is 0 Å². The smallest absolute Gasteiger partial charge is 0.126 e. The van der Waals surface area contributed by atoms with Gasteiger partial charge in [0.25, 0.3) is 0 Å². The molecule has 0 aromatic heterocycles. The molecule has 0 spiro atoms. The van der Waals surface area contributed by atoms with Crippen molar-refractivity contribution in [1.82, 2.24) is 0 Å². The zero-order valence-electron chi connectivity index (χ0n) is 8.83. The Bertz CT molecular complexity index is 433. The number of terminal acetylenes is 1. The van der Waals surface area contributed by atoms with E-state index in [1.807, 2.05) is 31.2 Å². The second kappa shape index (κ2) is 4.66. The number of aryl methyl sites for hydroxylation is 1. The molecule has 1 aromatic carbocycles. The van der Waals surface area contributed by atoms with Crippen molar-refractivity contribution in [2.24, 2.45) is 0 Å². The quantitative estimate of drug-likeness (QED) is 0.584. The van der Waals surface area contributed by atoms with Crippen molar-refractivity contribution in [1.29, 1.82) is 0 Å². The number of rotatable bonds is 3.